The van der Waals surface area contributed by atoms with E-state index in [0.717, 1.165) is 49.3 Å². The van der Waals surface area contributed by atoms with Crippen LogP contribution in [0.5, 0.6) is 0 Å². The minimum absolute atomic E-state index is 0. The topological polar surface area (TPSA) is 58.3 Å². The highest BCUT2D eigenvalue weighted by Crippen LogP contribution is 2.33. The van der Waals surface area contributed by atoms with Crippen LogP contribution in [0.4, 0.5) is 0 Å². The Hall–Kier alpha value is -1.29. The Morgan fingerprint density at radius 2 is 1.87 bits per heavy atom. The summed E-state index contributed by atoms with van der Waals surface area (Å²) >= 11 is 1.71. The van der Waals surface area contributed by atoms with E-state index >= 15 is 0 Å². The van der Waals surface area contributed by atoms with Gasteiger partial charge >= 0.3 is 0 Å². The zero-order valence-electron chi connectivity index (χ0n) is 19.3. The number of halogens is 1. The first kappa shape index (κ1) is 26.0. The van der Waals surface area contributed by atoms with Crippen molar-refractivity contribution in [1.29, 1.82) is 0 Å². The molecule has 0 saturated heterocycles. The van der Waals surface area contributed by atoms with Crippen LogP contribution >= 0.6 is 35.7 Å². The molecular formula is C23H37IN6S. The van der Waals surface area contributed by atoms with Gasteiger partial charge in [0.25, 0.3) is 0 Å². The number of thioether (sulfide) groups is 1. The Morgan fingerprint density at radius 3 is 2.48 bits per heavy atom. The van der Waals surface area contributed by atoms with Gasteiger partial charge in [-0.1, -0.05) is 55.8 Å². The fourth-order valence-electron chi connectivity index (χ4n) is 4.21. The van der Waals surface area contributed by atoms with Crippen molar-refractivity contribution >= 4 is 41.7 Å². The van der Waals surface area contributed by atoms with Gasteiger partial charge in [-0.15, -0.1) is 34.2 Å². The summed E-state index contributed by atoms with van der Waals surface area (Å²) in [6, 6.07) is 9.43. The summed E-state index contributed by atoms with van der Waals surface area (Å²) in [4.78, 5) is 6.63. The zero-order chi connectivity index (χ0) is 21.3. The second-order valence-electron chi connectivity index (χ2n) is 8.01. The van der Waals surface area contributed by atoms with E-state index in [1.54, 1.807) is 11.8 Å². The number of hydrogen-bond acceptors (Lipinski definition) is 4. The molecule has 0 radical (unpaired) electrons. The molecule has 1 aliphatic rings. The number of rotatable bonds is 9. The SMILES string of the molecule is CCc1ccc(CN(C)C(=NC)NCCCc2nnc(SC)n2C2CCCC2)cc1.I. The van der Waals surface area contributed by atoms with Gasteiger partial charge in [-0.25, -0.2) is 0 Å². The van der Waals surface area contributed by atoms with Crippen molar-refractivity contribution in [2.75, 3.05) is 26.9 Å². The lowest BCUT2D eigenvalue weighted by Crippen LogP contribution is -2.39. The van der Waals surface area contributed by atoms with Crippen LogP contribution in [-0.2, 0) is 19.4 Å². The third kappa shape index (κ3) is 7.10. The number of nitrogens with one attached hydrogen (secondary N) is 1. The predicted octanol–water partition coefficient (Wildman–Crippen LogP) is 4.94. The summed E-state index contributed by atoms with van der Waals surface area (Å²) in [6.45, 7) is 3.90. The second kappa shape index (κ2) is 13.3. The van der Waals surface area contributed by atoms with Crippen LogP contribution in [0.2, 0.25) is 0 Å². The molecule has 1 aromatic heterocycles. The molecule has 1 fully saturated rings. The molecule has 0 unspecified atom stereocenters. The largest absolute Gasteiger partial charge is 0.356 e. The van der Waals surface area contributed by atoms with E-state index in [2.05, 4.69) is 74.5 Å². The highest BCUT2D eigenvalue weighted by atomic mass is 127. The average molecular weight is 557 g/mol. The van der Waals surface area contributed by atoms with Crippen molar-refractivity contribution in [2.24, 2.45) is 4.99 Å². The molecule has 3 rings (SSSR count). The maximum atomic E-state index is 4.50. The molecule has 6 nitrogen and oxygen atoms in total. The van der Waals surface area contributed by atoms with Crippen LogP contribution in [0.3, 0.4) is 0 Å². The van der Waals surface area contributed by atoms with Gasteiger partial charge in [-0.3, -0.25) is 4.99 Å². The third-order valence-corrected chi connectivity index (χ3v) is 6.54. The summed E-state index contributed by atoms with van der Waals surface area (Å²) in [5.74, 6) is 2.06. The van der Waals surface area contributed by atoms with Gasteiger partial charge in [0, 0.05) is 39.6 Å². The maximum absolute atomic E-state index is 4.50. The minimum atomic E-state index is 0. The lowest BCUT2D eigenvalue weighted by atomic mass is 10.1. The first-order valence-electron chi connectivity index (χ1n) is 11.1. The Labute approximate surface area is 208 Å². The van der Waals surface area contributed by atoms with E-state index in [0.29, 0.717) is 6.04 Å². The zero-order valence-corrected chi connectivity index (χ0v) is 22.5. The van der Waals surface area contributed by atoms with Gasteiger partial charge in [0.2, 0.25) is 0 Å². The first-order valence-corrected chi connectivity index (χ1v) is 12.4. The number of hydrogen-bond donors (Lipinski definition) is 1. The van der Waals surface area contributed by atoms with Crippen molar-refractivity contribution in [3.8, 4) is 0 Å². The average Bonchev–Trinajstić information content (AvgIpc) is 3.43. The molecule has 1 saturated carbocycles. The molecule has 1 aliphatic carbocycles. The van der Waals surface area contributed by atoms with E-state index in [4.69, 9.17) is 0 Å². The minimum Gasteiger partial charge on any atom is -0.356 e. The molecule has 1 aromatic carbocycles. The fourth-order valence-corrected chi connectivity index (χ4v) is 4.78. The maximum Gasteiger partial charge on any atom is 0.193 e. The summed E-state index contributed by atoms with van der Waals surface area (Å²) in [7, 11) is 3.94. The van der Waals surface area contributed by atoms with Crippen molar-refractivity contribution in [2.45, 2.75) is 69.6 Å². The van der Waals surface area contributed by atoms with Crippen molar-refractivity contribution in [3.63, 3.8) is 0 Å². The monoisotopic (exact) mass is 556 g/mol. The lowest BCUT2D eigenvalue weighted by molar-refractivity contribution is 0.457. The van der Waals surface area contributed by atoms with Crippen molar-refractivity contribution < 1.29 is 0 Å². The molecule has 1 heterocycles. The van der Waals surface area contributed by atoms with Gasteiger partial charge < -0.3 is 14.8 Å². The number of aliphatic imine (C=N–C) groups is 1. The van der Waals surface area contributed by atoms with Crippen LogP contribution < -0.4 is 5.32 Å². The molecule has 0 amide bonds. The number of aryl methyl sites for hydroxylation is 2. The Morgan fingerprint density at radius 1 is 1.19 bits per heavy atom. The quantitative estimate of drug-likeness (QED) is 0.156. The number of guanidine groups is 1. The number of benzene rings is 1. The van der Waals surface area contributed by atoms with Gasteiger partial charge in [0.15, 0.2) is 11.1 Å². The molecule has 0 aliphatic heterocycles. The van der Waals surface area contributed by atoms with Gasteiger partial charge in [0.1, 0.15) is 5.82 Å². The van der Waals surface area contributed by atoms with E-state index in [1.165, 1.54) is 36.8 Å². The van der Waals surface area contributed by atoms with Crippen LogP contribution in [0.15, 0.2) is 34.4 Å². The van der Waals surface area contributed by atoms with Gasteiger partial charge in [-0.2, -0.15) is 0 Å². The lowest BCUT2D eigenvalue weighted by Gasteiger charge is -2.22. The highest BCUT2D eigenvalue weighted by Gasteiger charge is 2.23. The molecule has 0 bridgehead atoms. The van der Waals surface area contributed by atoms with Crippen LogP contribution in [-0.4, -0.2) is 52.5 Å². The number of aromatic nitrogens is 3. The van der Waals surface area contributed by atoms with Crippen molar-refractivity contribution in [3.05, 3.63) is 41.2 Å². The standard InChI is InChI=1S/C23H36N6S.HI/c1-5-18-12-14-19(15-13-18)17-28(3)22(24-2)25-16-8-11-21-26-27-23(30-4)29(21)20-9-6-7-10-20;/h12-15,20H,5-11,16-17H2,1-4H3,(H,24,25);1H. The predicted molar refractivity (Wildman–Crippen MR) is 142 cm³/mol. The molecule has 2 aromatic rings. The van der Waals surface area contributed by atoms with Crippen molar-refractivity contribution in [1.82, 2.24) is 25.0 Å². The van der Waals surface area contributed by atoms with Crippen LogP contribution in [0.25, 0.3) is 0 Å². The molecular weight excluding hydrogens is 519 g/mol. The third-order valence-electron chi connectivity index (χ3n) is 5.89. The Kier molecular flexibility index (Phi) is 11.1. The van der Waals surface area contributed by atoms with E-state index in [-0.39, 0.29) is 24.0 Å². The highest BCUT2D eigenvalue weighted by molar-refractivity contribution is 14.0. The summed E-state index contributed by atoms with van der Waals surface area (Å²) in [5, 5.41) is 13.5. The molecule has 31 heavy (non-hydrogen) atoms. The summed E-state index contributed by atoms with van der Waals surface area (Å²) in [6.07, 6.45) is 10.3. The molecule has 0 spiro atoms. The Balaban J connectivity index is 0.00000341. The second-order valence-corrected chi connectivity index (χ2v) is 8.79. The van der Waals surface area contributed by atoms with Gasteiger partial charge in [0.05, 0.1) is 0 Å². The summed E-state index contributed by atoms with van der Waals surface area (Å²) in [5.41, 5.74) is 2.67. The van der Waals surface area contributed by atoms with E-state index < -0.39 is 0 Å². The summed E-state index contributed by atoms with van der Waals surface area (Å²) < 4.78 is 2.40. The first-order chi connectivity index (χ1) is 14.7. The molecule has 8 heteroatoms. The van der Waals surface area contributed by atoms with Gasteiger partial charge in [-0.05, 0) is 43.1 Å². The van der Waals surface area contributed by atoms with E-state index in [9.17, 15) is 0 Å². The molecule has 172 valence electrons. The molecule has 1 N–H and O–H groups in total. The smallest absolute Gasteiger partial charge is 0.193 e. The number of nitrogens with zero attached hydrogens (tertiary/aromatic N) is 5. The van der Waals surface area contributed by atoms with Crippen LogP contribution in [0.1, 0.15) is 62.0 Å². The van der Waals surface area contributed by atoms with Crippen LogP contribution in [0, 0.1) is 0 Å². The Bertz CT molecular complexity index is 814. The normalized spacial score (nSPS) is 14.5. The fraction of sp³-hybridized carbons (Fsp3) is 0.609. The van der Waals surface area contributed by atoms with E-state index in [1.807, 2.05) is 7.05 Å². The molecule has 0 atom stereocenters.